The number of furan rings is 1. The van der Waals surface area contributed by atoms with Gasteiger partial charge in [0, 0.05) is 24.6 Å². The maximum Gasteiger partial charge on any atom is 0.265 e. The highest BCUT2D eigenvalue weighted by Crippen LogP contribution is 2.32. The van der Waals surface area contributed by atoms with E-state index in [1.165, 1.54) is 11.3 Å². The molecule has 3 heterocycles. The van der Waals surface area contributed by atoms with Crippen LogP contribution in [0.4, 0.5) is 0 Å². The van der Waals surface area contributed by atoms with Crippen molar-refractivity contribution in [2.75, 3.05) is 13.1 Å². The second-order valence-electron chi connectivity index (χ2n) is 6.05. The van der Waals surface area contributed by atoms with Crippen LogP contribution in [0.3, 0.4) is 0 Å². The largest absolute Gasteiger partial charge is 0.469 e. The minimum absolute atomic E-state index is 0.0845. The minimum Gasteiger partial charge on any atom is -0.469 e. The Bertz CT molecular complexity index is 840. The van der Waals surface area contributed by atoms with Gasteiger partial charge in [-0.2, -0.15) is 0 Å². The molecule has 0 saturated carbocycles. The number of benzene rings is 1. The van der Waals surface area contributed by atoms with Crippen molar-refractivity contribution < 1.29 is 9.21 Å². The normalized spacial score (nSPS) is 17.4. The van der Waals surface area contributed by atoms with Crippen molar-refractivity contribution in [3.63, 3.8) is 0 Å². The van der Waals surface area contributed by atoms with Crippen LogP contribution in [-0.4, -0.2) is 28.9 Å². The highest BCUT2D eigenvalue weighted by molar-refractivity contribution is 7.17. The smallest absolute Gasteiger partial charge is 0.265 e. The Hall–Kier alpha value is -2.40. The first-order valence-electron chi connectivity index (χ1n) is 8.08. The van der Waals surface area contributed by atoms with Crippen molar-refractivity contribution in [2.24, 2.45) is 0 Å². The SMILES string of the molecule is Cc1nc(-c2ccccc2)sc1C(=O)N1CCC(c2ccco2)C1. The van der Waals surface area contributed by atoms with Crippen LogP contribution < -0.4 is 0 Å². The molecule has 1 unspecified atom stereocenters. The summed E-state index contributed by atoms with van der Waals surface area (Å²) < 4.78 is 5.49. The second kappa shape index (κ2) is 6.24. The number of amides is 1. The van der Waals surface area contributed by atoms with Crippen LogP contribution in [0, 0.1) is 6.92 Å². The van der Waals surface area contributed by atoms with Gasteiger partial charge in [-0.25, -0.2) is 4.98 Å². The third kappa shape index (κ3) is 2.76. The number of aryl methyl sites for hydroxylation is 1. The summed E-state index contributed by atoms with van der Waals surface area (Å²) in [6.45, 7) is 3.39. The Labute approximate surface area is 144 Å². The van der Waals surface area contributed by atoms with E-state index < -0.39 is 0 Å². The fourth-order valence-corrected chi connectivity index (χ4v) is 4.18. The Morgan fingerprint density at radius 1 is 1.25 bits per heavy atom. The summed E-state index contributed by atoms with van der Waals surface area (Å²) in [5.74, 6) is 1.35. The number of hydrogen-bond donors (Lipinski definition) is 0. The molecule has 3 aromatic rings. The van der Waals surface area contributed by atoms with Gasteiger partial charge in [-0.15, -0.1) is 11.3 Å². The Morgan fingerprint density at radius 3 is 2.83 bits per heavy atom. The Balaban J connectivity index is 1.54. The molecule has 1 aromatic carbocycles. The van der Waals surface area contributed by atoms with Crippen LogP contribution >= 0.6 is 11.3 Å². The predicted molar refractivity (Wildman–Crippen MR) is 94.3 cm³/mol. The number of aromatic nitrogens is 1. The first kappa shape index (κ1) is 15.1. The zero-order valence-electron chi connectivity index (χ0n) is 13.4. The molecular weight excluding hydrogens is 320 g/mol. The molecule has 1 aliphatic rings. The highest BCUT2D eigenvalue weighted by atomic mass is 32.1. The molecule has 0 aliphatic carbocycles. The molecular formula is C19H18N2O2S. The van der Waals surface area contributed by atoms with Crippen molar-refractivity contribution in [2.45, 2.75) is 19.3 Å². The summed E-state index contributed by atoms with van der Waals surface area (Å²) >= 11 is 1.48. The molecule has 122 valence electrons. The molecule has 0 radical (unpaired) electrons. The van der Waals surface area contributed by atoms with E-state index in [0.29, 0.717) is 12.5 Å². The van der Waals surface area contributed by atoms with Crippen molar-refractivity contribution in [3.05, 3.63) is 65.1 Å². The maximum atomic E-state index is 12.9. The van der Waals surface area contributed by atoms with E-state index in [4.69, 9.17) is 4.42 Å². The van der Waals surface area contributed by atoms with Gasteiger partial charge in [0.25, 0.3) is 5.91 Å². The quantitative estimate of drug-likeness (QED) is 0.713. The van der Waals surface area contributed by atoms with Crippen LogP contribution in [0.2, 0.25) is 0 Å². The fourth-order valence-electron chi connectivity index (χ4n) is 3.14. The number of carbonyl (C=O) groups is 1. The molecule has 5 heteroatoms. The lowest BCUT2D eigenvalue weighted by Crippen LogP contribution is -2.28. The second-order valence-corrected chi connectivity index (χ2v) is 7.05. The molecule has 24 heavy (non-hydrogen) atoms. The van der Waals surface area contributed by atoms with Gasteiger partial charge in [0.05, 0.1) is 12.0 Å². The van der Waals surface area contributed by atoms with Crippen LogP contribution in [0.15, 0.2) is 53.1 Å². The molecule has 1 aliphatic heterocycles. The molecule has 1 saturated heterocycles. The van der Waals surface area contributed by atoms with Gasteiger partial charge < -0.3 is 9.32 Å². The lowest BCUT2D eigenvalue weighted by Gasteiger charge is -2.15. The maximum absolute atomic E-state index is 12.9. The topological polar surface area (TPSA) is 46.3 Å². The highest BCUT2D eigenvalue weighted by Gasteiger charge is 2.31. The minimum atomic E-state index is 0.0845. The third-order valence-electron chi connectivity index (χ3n) is 4.43. The average Bonchev–Trinajstić information content (AvgIpc) is 3.35. The molecule has 2 aromatic heterocycles. The molecule has 4 rings (SSSR count). The van der Waals surface area contributed by atoms with Gasteiger partial charge in [0.2, 0.25) is 0 Å². The number of hydrogen-bond acceptors (Lipinski definition) is 4. The molecule has 1 amide bonds. The first-order valence-corrected chi connectivity index (χ1v) is 8.89. The molecule has 1 fully saturated rings. The number of nitrogens with zero attached hydrogens (tertiary/aromatic N) is 2. The van der Waals surface area contributed by atoms with E-state index in [1.54, 1.807) is 6.26 Å². The monoisotopic (exact) mass is 338 g/mol. The number of rotatable bonds is 3. The standard InChI is InChI=1S/C19H18N2O2S/c1-13-17(24-18(20-13)14-6-3-2-4-7-14)19(22)21-10-9-15(12-21)16-8-5-11-23-16/h2-8,11,15H,9-10,12H2,1H3. The number of likely N-dealkylation sites (tertiary alicyclic amines) is 1. The van der Waals surface area contributed by atoms with Gasteiger partial charge in [0.1, 0.15) is 15.6 Å². The lowest BCUT2D eigenvalue weighted by atomic mass is 10.1. The molecule has 0 N–H and O–H groups in total. The van der Waals surface area contributed by atoms with Gasteiger partial charge >= 0.3 is 0 Å². The summed E-state index contributed by atoms with van der Waals surface area (Å²) in [5.41, 5.74) is 1.87. The third-order valence-corrected chi connectivity index (χ3v) is 5.63. The van der Waals surface area contributed by atoms with Crippen LogP contribution in [-0.2, 0) is 0 Å². The molecule has 1 atom stereocenters. The van der Waals surface area contributed by atoms with Gasteiger partial charge in [-0.1, -0.05) is 30.3 Å². The van der Waals surface area contributed by atoms with E-state index in [-0.39, 0.29) is 5.91 Å². The zero-order chi connectivity index (χ0) is 16.5. The van der Waals surface area contributed by atoms with E-state index in [9.17, 15) is 4.79 Å². The lowest BCUT2D eigenvalue weighted by molar-refractivity contribution is 0.0794. The van der Waals surface area contributed by atoms with E-state index in [2.05, 4.69) is 4.98 Å². The fraction of sp³-hybridized carbons (Fsp3) is 0.263. The Morgan fingerprint density at radius 2 is 2.08 bits per heavy atom. The van der Waals surface area contributed by atoms with Gasteiger partial charge in [-0.3, -0.25) is 4.79 Å². The van der Waals surface area contributed by atoms with Crippen LogP contribution in [0.25, 0.3) is 10.6 Å². The zero-order valence-corrected chi connectivity index (χ0v) is 14.3. The number of thiazole rings is 1. The average molecular weight is 338 g/mol. The van der Waals surface area contributed by atoms with Gasteiger partial charge in [0.15, 0.2) is 0 Å². The summed E-state index contributed by atoms with van der Waals surface area (Å²) in [6, 6.07) is 13.9. The number of carbonyl (C=O) groups excluding carboxylic acids is 1. The van der Waals surface area contributed by atoms with E-state index in [1.807, 2.05) is 54.3 Å². The van der Waals surface area contributed by atoms with Crippen molar-refractivity contribution >= 4 is 17.2 Å². The molecule has 0 bridgehead atoms. The molecule has 0 spiro atoms. The van der Waals surface area contributed by atoms with Crippen molar-refractivity contribution in [3.8, 4) is 10.6 Å². The van der Waals surface area contributed by atoms with E-state index in [0.717, 1.165) is 39.9 Å². The summed E-state index contributed by atoms with van der Waals surface area (Å²) in [4.78, 5) is 20.2. The van der Waals surface area contributed by atoms with Gasteiger partial charge in [-0.05, 0) is 25.5 Å². The first-order chi connectivity index (χ1) is 11.7. The predicted octanol–water partition coefficient (Wildman–Crippen LogP) is 4.34. The van der Waals surface area contributed by atoms with Crippen LogP contribution in [0.5, 0.6) is 0 Å². The van der Waals surface area contributed by atoms with E-state index >= 15 is 0 Å². The Kier molecular flexibility index (Phi) is 3.94. The van der Waals surface area contributed by atoms with Crippen molar-refractivity contribution in [1.82, 2.24) is 9.88 Å². The summed E-state index contributed by atoms with van der Waals surface area (Å²) in [6.07, 6.45) is 2.64. The van der Waals surface area contributed by atoms with Crippen molar-refractivity contribution in [1.29, 1.82) is 0 Å². The summed E-state index contributed by atoms with van der Waals surface area (Å²) in [7, 11) is 0. The van der Waals surface area contributed by atoms with Crippen LogP contribution in [0.1, 0.15) is 33.5 Å². The molecule has 4 nitrogen and oxygen atoms in total. The summed E-state index contributed by atoms with van der Waals surface area (Å²) in [5, 5.41) is 0.901.